The van der Waals surface area contributed by atoms with E-state index in [4.69, 9.17) is 10.5 Å². The van der Waals surface area contributed by atoms with E-state index in [1.807, 2.05) is 30.3 Å². The van der Waals surface area contributed by atoms with Gasteiger partial charge in [-0.15, -0.1) is 0 Å². The molecular formula is C11H12N2O. The van der Waals surface area contributed by atoms with E-state index < -0.39 is 0 Å². The quantitative estimate of drug-likeness (QED) is 0.762. The van der Waals surface area contributed by atoms with Gasteiger partial charge in [-0.3, -0.25) is 0 Å². The molecule has 1 heterocycles. The molecule has 14 heavy (non-hydrogen) atoms. The molecule has 0 saturated carbocycles. The summed E-state index contributed by atoms with van der Waals surface area (Å²) in [6.07, 6.45) is 1.77. The molecular weight excluding hydrogens is 176 g/mol. The molecule has 1 aromatic carbocycles. The van der Waals surface area contributed by atoms with Gasteiger partial charge in [0, 0.05) is 11.8 Å². The van der Waals surface area contributed by atoms with Crippen LogP contribution in [0.3, 0.4) is 0 Å². The summed E-state index contributed by atoms with van der Waals surface area (Å²) in [7, 11) is 0. The van der Waals surface area contributed by atoms with E-state index in [0.29, 0.717) is 18.2 Å². The summed E-state index contributed by atoms with van der Waals surface area (Å²) in [6.45, 7) is 1.39. The SMILES string of the molecule is N/C(=C\C1=NCCO1)c1ccccc1. The van der Waals surface area contributed by atoms with Crippen LogP contribution in [0.1, 0.15) is 5.56 Å². The highest BCUT2D eigenvalue weighted by atomic mass is 16.5. The molecule has 3 nitrogen and oxygen atoms in total. The highest BCUT2D eigenvalue weighted by Crippen LogP contribution is 2.09. The van der Waals surface area contributed by atoms with Crippen LogP contribution in [0, 0.1) is 0 Å². The Kier molecular flexibility index (Phi) is 2.49. The number of hydrogen-bond acceptors (Lipinski definition) is 3. The van der Waals surface area contributed by atoms with E-state index in [2.05, 4.69) is 4.99 Å². The maximum absolute atomic E-state index is 5.88. The number of hydrogen-bond donors (Lipinski definition) is 1. The van der Waals surface area contributed by atoms with Crippen LogP contribution in [0.2, 0.25) is 0 Å². The average Bonchev–Trinajstić information content (AvgIpc) is 2.72. The predicted octanol–water partition coefficient (Wildman–Crippen LogP) is 1.41. The molecule has 0 atom stereocenters. The lowest BCUT2D eigenvalue weighted by molar-refractivity contribution is 0.350. The largest absolute Gasteiger partial charge is 0.476 e. The third-order valence-corrected chi connectivity index (χ3v) is 1.99. The fraction of sp³-hybridized carbons (Fsp3) is 0.182. The Labute approximate surface area is 82.9 Å². The first-order valence-corrected chi connectivity index (χ1v) is 4.56. The number of ether oxygens (including phenoxy) is 1. The van der Waals surface area contributed by atoms with Crippen LogP contribution in [0.5, 0.6) is 0 Å². The van der Waals surface area contributed by atoms with Crippen molar-refractivity contribution in [2.75, 3.05) is 13.2 Å². The van der Waals surface area contributed by atoms with Crippen molar-refractivity contribution in [1.82, 2.24) is 0 Å². The summed E-state index contributed by atoms with van der Waals surface area (Å²) in [5.41, 5.74) is 7.55. The molecule has 0 aliphatic carbocycles. The van der Waals surface area contributed by atoms with E-state index in [1.54, 1.807) is 6.08 Å². The molecule has 0 amide bonds. The van der Waals surface area contributed by atoms with Crippen molar-refractivity contribution in [3.05, 3.63) is 42.0 Å². The van der Waals surface area contributed by atoms with Gasteiger partial charge in [-0.05, 0) is 5.56 Å². The normalized spacial score (nSPS) is 16.3. The van der Waals surface area contributed by atoms with Crippen LogP contribution in [-0.2, 0) is 4.74 Å². The maximum Gasteiger partial charge on any atom is 0.210 e. The Morgan fingerprint density at radius 2 is 2.14 bits per heavy atom. The van der Waals surface area contributed by atoms with Crippen LogP contribution in [0.15, 0.2) is 41.4 Å². The molecule has 1 aliphatic rings. The minimum atomic E-state index is 0.631. The highest BCUT2D eigenvalue weighted by Gasteiger charge is 2.05. The molecule has 0 fully saturated rings. The zero-order chi connectivity index (χ0) is 9.80. The van der Waals surface area contributed by atoms with E-state index in [0.717, 1.165) is 12.1 Å². The zero-order valence-electron chi connectivity index (χ0n) is 7.81. The van der Waals surface area contributed by atoms with Gasteiger partial charge in [-0.25, -0.2) is 4.99 Å². The monoisotopic (exact) mass is 188 g/mol. The summed E-state index contributed by atoms with van der Waals surface area (Å²) < 4.78 is 5.24. The van der Waals surface area contributed by atoms with Gasteiger partial charge in [-0.2, -0.15) is 0 Å². The van der Waals surface area contributed by atoms with Crippen molar-refractivity contribution in [1.29, 1.82) is 0 Å². The van der Waals surface area contributed by atoms with Crippen molar-refractivity contribution >= 4 is 11.6 Å². The molecule has 0 bridgehead atoms. The van der Waals surface area contributed by atoms with Crippen molar-refractivity contribution in [3.63, 3.8) is 0 Å². The molecule has 0 saturated heterocycles. The summed E-state index contributed by atoms with van der Waals surface area (Å²) in [6, 6.07) is 9.78. The Bertz CT molecular complexity index is 368. The van der Waals surface area contributed by atoms with Gasteiger partial charge >= 0.3 is 0 Å². The van der Waals surface area contributed by atoms with Crippen LogP contribution in [0.25, 0.3) is 5.70 Å². The summed E-state index contributed by atoms with van der Waals surface area (Å²) in [5, 5.41) is 0. The van der Waals surface area contributed by atoms with E-state index in [-0.39, 0.29) is 0 Å². The van der Waals surface area contributed by atoms with E-state index >= 15 is 0 Å². The van der Waals surface area contributed by atoms with E-state index in [9.17, 15) is 0 Å². The first kappa shape index (κ1) is 8.81. The molecule has 2 rings (SSSR count). The van der Waals surface area contributed by atoms with Gasteiger partial charge in [-0.1, -0.05) is 30.3 Å². The standard InChI is InChI=1S/C11H12N2O/c12-10(8-11-13-6-7-14-11)9-4-2-1-3-5-9/h1-5,8H,6-7,12H2/b10-8-. The Hall–Kier alpha value is -1.77. The molecule has 0 unspecified atom stereocenters. The van der Waals surface area contributed by atoms with Crippen LogP contribution in [-0.4, -0.2) is 19.0 Å². The Morgan fingerprint density at radius 1 is 1.36 bits per heavy atom. The van der Waals surface area contributed by atoms with Crippen LogP contribution < -0.4 is 5.73 Å². The third kappa shape index (κ3) is 1.93. The van der Waals surface area contributed by atoms with Gasteiger partial charge in [0.2, 0.25) is 5.90 Å². The molecule has 1 aromatic rings. The van der Waals surface area contributed by atoms with Gasteiger partial charge in [0.05, 0.1) is 6.54 Å². The fourth-order valence-corrected chi connectivity index (χ4v) is 1.29. The number of nitrogens with two attached hydrogens (primary N) is 1. The second-order valence-electron chi connectivity index (χ2n) is 3.03. The highest BCUT2D eigenvalue weighted by molar-refractivity contribution is 5.95. The number of aliphatic imine (C=N–C) groups is 1. The third-order valence-electron chi connectivity index (χ3n) is 1.99. The topological polar surface area (TPSA) is 47.6 Å². The number of benzene rings is 1. The van der Waals surface area contributed by atoms with Gasteiger partial charge in [0.25, 0.3) is 0 Å². The number of nitrogens with zero attached hydrogens (tertiary/aromatic N) is 1. The van der Waals surface area contributed by atoms with Crippen molar-refractivity contribution in [2.24, 2.45) is 10.7 Å². The fourth-order valence-electron chi connectivity index (χ4n) is 1.29. The van der Waals surface area contributed by atoms with Crippen LogP contribution in [0.4, 0.5) is 0 Å². The lowest BCUT2D eigenvalue weighted by Gasteiger charge is -2.01. The molecule has 3 heteroatoms. The molecule has 2 N–H and O–H groups in total. The molecule has 1 aliphatic heterocycles. The van der Waals surface area contributed by atoms with E-state index in [1.165, 1.54) is 0 Å². The van der Waals surface area contributed by atoms with Gasteiger partial charge < -0.3 is 10.5 Å². The Balaban J connectivity index is 2.19. The van der Waals surface area contributed by atoms with Crippen molar-refractivity contribution in [2.45, 2.75) is 0 Å². The van der Waals surface area contributed by atoms with Crippen molar-refractivity contribution < 1.29 is 4.74 Å². The second kappa shape index (κ2) is 3.96. The number of rotatable bonds is 2. The molecule has 0 aromatic heterocycles. The Morgan fingerprint density at radius 3 is 2.79 bits per heavy atom. The minimum absolute atomic E-state index is 0.631. The summed E-state index contributed by atoms with van der Waals surface area (Å²) in [4.78, 5) is 4.14. The van der Waals surface area contributed by atoms with Gasteiger partial charge in [0.15, 0.2) is 0 Å². The first-order chi connectivity index (χ1) is 6.86. The first-order valence-electron chi connectivity index (χ1n) is 4.56. The summed E-state index contributed by atoms with van der Waals surface area (Å²) in [5.74, 6) is 0.631. The molecule has 72 valence electrons. The minimum Gasteiger partial charge on any atom is -0.476 e. The van der Waals surface area contributed by atoms with Crippen molar-refractivity contribution in [3.8, 4) is 0 Å². The lowest BCUT2D eigenvalue weighted by Crippen LogP contribution is -2.02. The lowest BCUT2D eigenvalue weighted by atomic mass is 10.1. The maximum atomic E-state index is 5.88. The molecule has 0 spiro atoms. The predicted molar refractivity (Wildman–Crippen MR) is 56.9 cm³/mol. The van der Waals surface area contributed by atoms with Crippen LogP contribution >= 0.6 is 0 Å². The smallest absolute Gasteiger partial charge is 0.210 e. The second-order valence-corrected chi connectivity index (χ2v) is 3.03. The summed E-state index contributed by atoms with van der Waals surface area (Å²) >= 11 is 0. The molecule has 0 radical (unpaired) electrons. The van der Waals surface area contributed by atoms with Gasteiger partial charge in [0.1, 0.15) is 6.61 Å². The zero-order valence-corrected chi connectivity index (χ0v) is 7.81. The average molecular weight is 188 g/mol.